The fraction of sp³-hybridized carbons (Fsp3) is 0.111. The van der Waals surface area contributed by atoms with Crippen molar-refractivity contribution in [2.24, 2.45) is 5.10 Å². The molecule has 11 heteroatoms. The summed E-state index contributed by atoms with van der Waals surface area (Å²) in [5.74, 6) is -1.35. The lowest BCUT2D eigenvalue weighted by molar-refractivity contribution is 0.0691. The van der Waals surface area contributed by atoms with E-state index in [1.165, 1.54) is 6.21 Å². The molecule has 0 spiro atoms. The van der Waals surface area contributed by atoms with Crippen molar-refractivity contribution < 1.29 is 9.90 Å². The van der Waals surface area contributed by atoms with Crippen molar-refractivity contribution in [1.82, 2.24) is 14.8 Å². The van der Waals surface area contributed by atoms with E-state index in [4.69, 9.17) is 51.5 Å². The zero-order valence-electron chi connectivity index (χ0n) is 14.8. The minimum Gasteiger partial charge on any atom is -0.476 e. The van der Waals surface area contributed by atoms with Gasteiger partial charge in [-0.15, -0.1) is 0 Å². The third kappa shape index (κ3) is 4.64. The number of carbonyl (C=O) groups is 1. The molecule has 0 aliphatic heterocycles. The standard InChI is InChI=1S/C18H13Cl4N5O2/c1-9-11(17(22)27(26-9)8-10-5-3-2-4-6-10)7-23-25-14-12(19)15(18(28)29)24-16(21)13(14)20/h2-7H,8H2,1H3,(H,24,25)(H,28,29)/b23-7-. The fourth-order valence-electron chi connectivity index (χ4n) is 2.49. The van der Waals surface area contributed by atoms with Crippen LogP contribution in [-0.2, 0) is 6.54 Å². The normalized spacial score (nSPS) is 11.2. The number of rotatable bonds is 6. The van der Waals surface area contributed by atoms with Crippen molar-refractivity contribution in [2.75, 3.05) is 5.43 Å². The number of aromatic carboxylic acids is 1. The minimum absolute atomic E-state index is 0.0208. The first kappa shape index (κ1) is 21.4. The van der Waals surface area contributed by atoms with Crippen molar-refractivity contribution in [3.8, 4) is 0 Å². The Balaban J connectivity index is 1.86. The molecule has 0 bridgehead atoms. The summed E-state index contributed by atoms with van der Waals surface area (Å²) in [6.07, 6.45) is 1.44. The molecule has 0 radical (unpaired) electrons. The van der Waals surface area contributed by atoms with Gasteiger partial charge in [-0.05, 0) is 12.5 Å². The predicted octanol–water partition coefficient (Wildman–Crippen LogP) is 5.39. The number of anilines is 1. The molecule has 2 N–H and O–H groups in total. The average molecular weight is 473 g/mol. The van der Waals surface area contributed by atoms with E-state index in [0.29, 0.717) is 23.0 Å². The molecule has 0 unspecified atom stereocenters. The zero-order chi connectivity index (χ0) is 21.1. The van der Waals surface area contributed by atoms with Crippen LogP contribution < -0.4 is 5.43 Å². The largest absolute Gasteiger partial charge is 0.476 e. The Morgan fingerprint density at radius 1 is 1.21 bits per heavy atom. The first-order valence-corrected chi connectivity index (χ1v) is 9.64. The van der Waals surface area contributed by atoms with Crippen LogP contribution in [0.2, 0.25) is 20.4 Å². The van der Waals surface area contributed by atoms with E-state index >= 15 is 0 Å². The number of nitrogens with zero attached hydrogens (tertiary/aromatic N) is 4. The Bertz CT molecular complexity index is 1100. The Morgan fingerprint density at radius 2 is 1.90 bits per heavy atom. The molecule has 0 atom stereocenters. The molecular weight excluding hydrogens is 460 g/mol. The maximum Gasteiger partial charge on any atom is 0.356 e. The van der Waals surface area contributed by atoms with Crippen molar-refractivity contribution in [3.05, 3.63) is 73.2 Å². The number of aromatic nitrogens is 3. The number of halogens is 4. The van der Waals surface area contributed by atoms with Gasteiger partial charge in [-0.3, -0.25) is 5.43 Å². The summed E-state index contributed by atoms with van der Waals surface area (Å²) in [7, 11) is 0. The molecule has 150 valence electrons. The van der Waals surface area contributed by atoms with E-state index in [1.54, 1.807) is 11.6 Å². The highest BCUT2D eigenvalue weighted by molar-refractivity contribution is 6.46. The summed E-state index contributed by atoms with van der Waals surface area (Å²) < 4.78 is 1.65. The van der Waals surface area contributed by atoms with Crippen LogP contribution in [-0.4, -0.2) is 32.1 Å². The summed E-state index contributed by atoms with van der Waals surface area (Å²) in [5, 5.41) is 17.6. The van der Waals surface area contributed by atoms with Gasteiger partial charge < -0.3 is 5.11 Å². The molecule has 2 heterocycles. The molecule has 1 aromatic carbocycles. The number of hydrazone groups is 1. The number of aryl methyl sites for hydroxylation is 1. The highest BCUT2D eigenvalue weighted by atomic mass is 35.5. The summed E-state index contributed by atoms with van der Waals surface area (Å²) in [4.78, 5) is 14.9. The number of hydrogen-bond donors (Lipinski definition) is 2. The molecule has 3 aromatic rings. The topological polar surface area (TPSA) is 92.4 Å². The highest BCUT2D eigenvalue weighted by Gasteiger charge is 2.21. The third-order valence-corrected chi connectivity index (χ3v) is 5.40. The fourth-order valence-corrected chi connectivity index (χ4v) is 3.44. The van der Waals surface area contributed by atoms with Gasteiger partial charge >= 0.3 is 5.97 Å². The minimum atomic E-state index is -1.35. The Labute approximate surface area is 185 Å². The number of hydrogen-bond acceptors (Lipinski definition) is 5. The van der Waals surface area contributed by atoms with Gasteiger partial charge in [0.05, 0.1) is 29.7 Å². The maximum atomic E-state index is 11.2. The molecule has 0 aliphatic carbocycles. The lowest BCUT2D eigenvalue weighted by atomic mass is 10.2. The van der Waals surface area contributed by atoms with Gasteiger partial charge in [-0.25, -0.2) is 14.5 Å². The Morgan fingerprint density at radius 3 is 2.55 bits per heavy atom. The van der Waals surface area contributed by atoms with Crippen molar-refractivity contribution in [3.63, 3.8) is 0 Å². The van der Waals surface area contributed by atoms with Crippen LogP contribution in [0.15, 0.2) is 35.4 Å². The summed E-state index contributed by atoms with van der Waals surface area (Å²) in [6.45, 7) is 2.29. The summed E-state index contributed by atoms with van der Waals surface area (Å²) in [6, 6.07) is 9.75. The van der Waals surface area contributed by atoms with Gasteiger partial charge in [-0.1, -0.05) is 76.7 Å². The average Bonchev–Trinajstić information content (AvgIpc) is 2.95. The smallest absolute Gasteiger partial charge is 0.356 e. The predicted molar refractivity (Wildman–Crippen MR) is 115 cm³/mol. The van der Waals surface area contributed by atoms with Crippen molar-refractivity contribution in [1.29, 1.82) is 0 Å². The van der Waals surface area contributed by atoms with Crippen LogP contribution in [0.3, 0.4) is 0 Å². The lowest BCUT2D eigenvalue weighted by Gasteiger charge is -2.09. The van der Waals surface area contributed by atoms with Gasteiger partial charge in [0.25, 0.3) is 0 Å². The molecule has 0 saturated heterocycles. The molecule has 3 rings (SSSR count). The van der Waals surface area contributed by atoms with Crippen LogP contribution in [0.5, 0.6) is 0 Å². The van der Waals surface area contributed by atoms with Crippen LogP contribution in [0.1, 0.15) is 27.3 Å². The Kier molecular flexibility index (Phi) is 6.64. The second-order valence-electron chi connectivity index (χ2n) is 5.86. The lowest BCUT2D eigenvalue weighted by Crippen LogP contribution is -2.05. The molecule has 0 aliphatic rings. The van der Waals surface area contributed by atoms with Gasteiger partial charge in [-0.2, -0.15) is 10.2 Å². The van der Waals surface area contributed by atoms with Gasteiger partial charge in [0.1, 0.15) is 15.2 Å². The monoisotopic (exact) mass is 471 g/mol. The number of pyridine rings is 1. The second kappa shape index (κ2) is 9.00. The number of benzene rings is 1. The molecular formula is C18H13Cl4N5O2. The SMILES string of the molecule is Cc1nn(Cc2ccccc2)c(Cl)c1/C=N\Nc1c(Cl)c(Cl)nc(C(=O)O)c1Cl. The highest BCUT2D eigenvalue weighted by Crippen LogP contribution is 2.36. The van der Waals surface area contributed by atoms with E-state index in [1.807, 2.05) is 30.3 Å². The molecule has 2 aromatic heterocycles. The van der Waals surface area contributed by atoms with E-state index in [9.17, 15) is 4.79 Å². The van der Waals surface area contributed by atoms with Crippen LogP contribution in [0, 0.1) is 6.92 Å². The third-order valence-electron chi connectivity index (χ3n) is 3.90. The first-order chi connectivity index (χ1) is 13.8. The van der Waals surface area contributed by atoms with Crippen molar-refractivity contribution >= 4 is 64.3 Å². The van der Waals surface area contributed by atoms with Gasteiger partial charge in [0.15, 0.2) is 10.8 Å². The molecule has 29 heavy (non-hydrogen) atoms. The second-order valence-corrected chi connectivity index (χ2v) is 7.33. The molecule has 0 saturated carbocycles. The summed E-state index contributed by atoms with van der Waals surface area (Å²) in [5.41, 5.74) is 4.47. The zero-order valence-corrected chi connectivity index (χ0v) is 17.9. The quantitative estimate of drug-likeness (QED) is 0.285. The van der Waals surface area contributed by atoms with Crippen LogP contribution in [0.25, 0.3) is 0 Å². The van der Waals surface area contributed by atoms with Crippen LogP contribution >= 0.6 is 46.4 Å². The Hall–Kier alpha value is -2.32. The molecule has 0 amide bonds. The molecule has 0 fully saturated rings. The van der Waals surface area contributed by atoms with Crippen molar-refractivity contribution in [2.45, 2.75) is 13.5 Å². The number of carboxylic acid groups (broad SMARTS) is 1. The number of carboxylic acids is 1. The first-order valence-electron chi connectivity index (χ1n) is 8.13. The van der Waals surface area contributed by atoms with E-state index < -0.39 is 11.7 Å². The summed E-state index contributed by atoms with van der Waals surface area (Å²) >= 11 is 24.4. The van der Waals surface area contributed by atoms with E-state index in [2.05, 4.69) is 20.6 Å². The van der Waals surface area contributed by atoms with Gasteiger partial charge in [0.2, 0.25) is 0 Å². The maximum absolute atomic E-state index is 11.2. The van der Waals surface area contributed by atoms with E-state index in [-0.39, 0.29) is 20.9 Å². The number of nitrogens with one attached hydrogen (secondary N) is 1. The van der Waals surface area contributed by atoms with Crippen LogP contribution in [0.4, 0.5) is 5.69 Å². The van der Waals surface area contributed by atoms with Gasteiger partial charge in [0, 0.05) is 0 Å². The molecule has 7 nitrogen and oxygen atoms in total. The van der Waals surface area contributed by atoms with E-state index in [0.717, 1.165) is 5.56 Å².